The molecule has 0 atom stereocenters. The van der Waals surface area contributed by atoms with Gasteiger partial charge in [0.1, 0.15) is 0 Å². The molecule has 3 aromatic carbocycles. The summed E-state index contributed by atoms with van der Waals surface area (Å²) >= 11 is 0. The predicted molar refractivity (Wildman–Crippen MR) is 94.9 cm³/mol. The minimum atomic E-state index is -0.0317. The van der Waals surface area contributed by atoms with E-state index in [4.69, 9.17) is 11.5 Å². The summed E-state index contributed by atoms with van der Waals surface area (Å²) in [7, 11) is 0. The molecule has 0 aromatic heterocycles. The standard InChI is InChI=1S/C19H17N3O/c20-15-9-5-13(6-10-15)19(23)14-7-11-16(12-8-14)22-18-4-2-1-3-17(18)21/h1-12,22H,20-21H2. The van der Waals surface area contributed by atoms with Crippen molar-refractivity contribution in [1.82, 2.24) is 0 Å². The van der Waals surface area contributed by atoms with E-state index in [0.717, 1.165) is 11.4 Å². The van der Waals surface area contributed by atoms with Crippen LogP contribution >= 0.6 is 0 Å². The van der Waals surface area contributed by atoms with Crippen molar-refractivity contribution in [3.05, 3.63) is 83.9 Å². The first-order valence-corrected chi connectivity index (χ1v) is 7.25. The van der Waals surface area contributed by atoms with Crippen LogP contribution < -0.4 is 16.8 Å². The molecule has 0 saturated heterocycles. The van der Waals surface area contributed by atoms with E-state index in [1.54, 1.807) is 36.4 Å². The molecule has 114 valence electrons. The highest BCUT2D eigenvalue weighted by Gasteiger charge is 2.08. The molecule has 4 nitrogen and oxygen atoms in total. The van der Waals surface area contributed by atoms with Crippen molar-refractivity contribution in [1.29, 1.82) is 0 Å². The number of carbonyl (C=O) groups excluding carboxylic acids is 1. The van der Waals surface area contributed by atoms with Gasteiger partial charge in [-0.25, -0.2) is 0 Å². The lowest BCUT2D eigenvalue weighted by Crippen LogP contribution is -2.02. The lowest BCUT2D eigenvalue weighted by atomic mass is 10.0. The van der Waals surface area contributed by atoms with Crippen LogP contribution in [0.25, 0.3) is 0 Å². The van der Waals surface area contributed by atoms with Gasteiger partial charge in [0.05, 0.1) is 11.4 Å². The molecule has 0 aliphatic rings. The average molecular weight is 303 g/mol. The Morgan fingerprint density at radius 3 is 1.91 bits per heavy atom. The molecule has 0 saturated carbocycles. The lowest BCUT2D eigenvalue weighted by molar-refractivity contribution is 0.103. The summed E-state index contributed by atoms with van der Waals surface area (Å²) in [4.78, 5) is 12.4. The first kappa shape index (κ1) is 14.7. The Balaban J connectivity index is 1.78. The Morgan fingerprint density at radius 2 is 1.30 bits per heavy atom. The number of anilines is 4. The van der Waals surface area contributed by atoms with Crippen LogP contribution in [0.1, 0.15) is 15.9 Å². The second kappa shape index (κ2) is 6.23. The van der Waals surface area contributed by atoms with E-state index in [-0.39, 0.29) is 5.78 Å². The van der Waals surface area contributed by atoms with Crippen molar-refractivity contribution in [2.45, 2.75) is 0 Å². The Bertz CT molecular complexity index is 824. The molecule has 0 spiro atoms. The van der Waals surface area contributed by atoms with E-state index >= 15 is 0 Å². The fourth-order valence-electron chi connectivity index (χ4n) is 2.27. The SMILES string of the molecule is Nc1ccc(C(=O)c2ccc(Nc3ccccc3N)cc2)cc1. The zero-order chi connectivity index (χ0) is 16.2. The maximum absolute atomic E-state index is 12.4. The Labute approximate surface area is 134 Å². The first-order chi connectivity index (χ1) is 11.1. The van der Waals surface area contributed by atoms with Crippen LogP contribution in [0.4, 0.5) is 22.7 Å². The molecule has 0 amide bonds. The van der Waals surface area contributed by atoms with E-state index in [1.807, 2.05) is 36.4 Å². The Morgan fingerprint density at radius 1 is 0.739 bits per heavy atom. The van der Waals surface area contributed by atoms with Crippen LogP contribution in [0.2, 0.25) is 0 Å². The van der Waals surface area contributed by atoms with E-state index < -0.39 is 0 Å². The van der Waals surface area contributed by atoms with Crippen molar-refractivity contribution >= 4 is 28.5 Å². The average Bonchev–Trinajstić information content (AvgIpc) is 2.58. The first-order valence-electron chi connectivity index (χ1n) is 7.25. The summed E-state index contributed by atoms with van der Waals surface area (Å²) in [5, 5.41) is 3.23. The number of ketones is 1. The minimum absolute atomic E-state index is 0.0317. The Hall–Kier alpha value is -3.27. The largest absolute Gasteiger partial charge is 0.399 e. The number of rotatable bonds is 4. The van der Waals surface area contributed by atoms with Crippen LogP contribution in [-0.2, 0) is 0 Å². The molecule has 5 N–H and O–H groups in total. The van der Waals surface area contributed by atoms with Gasteiger partial charge < -0.3 is 16.8 Å². The second-order valence-corrected chi connectivity index (χ2v) is 5.24. The zero-order valence-corrected chi connectivity index (χ0v) is 12.5. The fourth-order valence-corrected chi connectivity index (χ4v) is 2.27. The van der Waals surface area contributed by atoms with Gasteiger partial charge in [-0.3, -0.25) is 4.79 Å². The van der Waals surface area contributed by atoms with E-state index in [9.17, 15) is 4.79 Å². The molecule has 0 bridgehead atoms. The topological polar surface area (TPSA) is 81.1 Å². The third kappa shape index (κ3) is 3.32. The predicted octanol–water partition coefficient (Wildman–Crippen LogP) is 3.83. The van der Waals surface area contributed by atoms with Crippen molar-refractivity contribution in [2.75, 3.05) is 16.8 Å². The summed E-state index contributed by atoms with van der Waals surface area (Å²) in [6.45, 7) is 0. The molecule has 0 heterocycles. The second-order valence-electron chi connectivity index (χ2n) is 5.24. The lowest BCUT2D eigenvalue weighted by Gasteiger charge is -2.09. The quantitative estimate of drug-likeness (QED) is 0.505. The highest BCUT2D eigenvalue weighted by molar-refractivity contribution is 6.09. The van der Waals surface area contributed by atoms with Crippen LogP contribution in [0.5, 0.6) is 0 Å². The van der Waals surface area contributed by atoms with Crippen molar-refractivity contribution in [2.24, 2.45) is 0 Å². The van der Waals surface area contributed by atoms with Gasteiger partial charge in [0.2, 0.25) is 0 Å². The molecule has 4 heteroatoms. The van der Waals surface area contributed by atoms with Gasteiger partial charge >= 0.3 is 0 Å². The maximum Gasteiger partial charge on any atom is 0.193 e. The maximum atomic E-state index is 12.4. The van der Waals surface area contributed by atoms with Crippen LogP contribution in [0.15, 0.2) is 72.8 Å². The minimum Gasteiger partial charge on any atom is -0.399 e. The smallest absolute Gasteiger partial charge is 0.193 e. The number of carbonyl (C=O) groups is 1. The third-order valence-electron chi connectivity index (χ3n) is 3.56. The van der Waals surface area contributed by atoms with E-state index in [2.05, 4.69) is 5.32 Å². The molecule has 3 aromatic rings. The monoisotopic (exact) mass is 303 g/mol. The number of benzene rings is 3. The van der Waals surface area contributed by atoms with Gasteiger partial charge in [-0.1, -0.05) is 12.1 Å². The van der Waals surface area contributed by atoms with E-state index in [0.29, 0.717) is 22.5 Å². The van der Waals surface area contributed by atoms with Gasteiger partial charge in [0.15, 0.2) is 5.78 Å². The zero-order valence-electron chi connectivity index (χ0n) is 12.5. The van der Waals surface area contributed by atoms with Crippen LogP contribution in [0.3, 0.4) is 0 Å². The number of nitrogen functional groups attached to an aromatic ring is 2. The number of nitrogens with one attached hydrogen (secondary N) is 1. The van der Waals surface area contributed by atoms with Crippen molar-refractivity contribution in [3.63, 3.8) is 0 Å². The fraction of sp³-hybridized carbons (Fsp3) is 0. The molecule has 0 unspecified atom stereocenters. The van der Waals surface area contributed by atoms with Crippen LogP contribution in [0, 0.1) is 0 Å². The molecule has 0 aliphatic carbocycles. The highest BCUT2D eigenvalue weighted by atomic mass is 16.1. The van der Waals surface area contributed by atoms with Crippen molar-refractivity contribution < 1.29 is 4.79 Å². The van der Waals surface area contributed by atoms with Gasteiger partial charge in [-0.2, -0.15) is 0 Å². The number of nitrogens with two attached hydrogens (primary N) is 2. The summed E-state index contributed by atoms with van der Waals surface area (Å²) in [5.41, 5.74) is 15.8. The van der Waals surface area contributed by atoms with Crippen molar-refractivity contribution in [3.8, 4) is 0 Å². The summed E-state index contributed by atoms with van der Waals surface area (Å²) in [6, 6.07) is 21.7. The summed E-state index contributed by atoms with van der Waals surface area (Å²) < 4.78 is 0. The van der Waals surface area contributed by atoms with Crippen LogP contribution in [-0.4, -0.2) is 5.78 Å². The molecule has 23 heavy (non-hydrogen) atoms. The van der Waals surface area contributed by atoms with Gasteiger partial charge in [-0.05, 0) is 60.7 Å². The number of para-hydroxylation sites is 2. The third-order valence-corrected chi connectivity index (χ3v) is 3.56. The van der Waals surface area contributed by atoms with Gasteiger partial charge in [0, 0.05) is 22.5 Å². The highest BCUT2D eigenvalue weighted by Crippen LogP contribution is 2.23. The molecule has 3 rings (SSSR count). The molecular weight excluding hydrogens is 286 g/mol. The number of hydrogen-bond donors (Lipinski definition) is 3. The summed E-state index contributed by atoms with van der Waals surface area (Å²) in [6.07, 6.45) is 0. The number of hydrogen-bond acceptors (Lipinski definition) is 4. The van der Waals surface area contributed by atoms with E-state index in [1.165, 1.54) is 0 Å². The molecule has 0 radical (unpaired) electrons. The molecule has 0 aliphatic heterocycles. The van der Waals surface area contributed by atoms with Gasteiger partial charge in [-0.15, -0.1) is 0 Å². The van der Waals surface area contributed by atoms with Gasteiger partial charge in [0.25, 0.3) is 0 Å². The summed E-state index contributed by atoms with van der Waals surface area (Å²) in [5.74, 6) is -0.0317. The molecular formula is C19H17N3O. The normalized spacial score (nSPS) is 10.3. The Kier molecular flexibility index (Phi) is 3.97. The molecule has 0 fully saturated rings.